The van der Waals surface area contributed by atoms with Crippen LogP contribution in [0.2, 0.25) is 0 Å². The molecule has 1 amide bonds. The molecule has 1 aliphatic carbocycles. The number of nitrogens with one attached hydrogen (secondary N) is 2. The topological polar surface area (TPSA) is 159 Å². The molecule has 12 heteroatoms. The lowest BCUT2D eigenvalue weighted by Gasteiger charge is -2.23. The second-order valence-electron chi connectivity index (χ2n) is 7.64. The van der Waals surface area contributed by atoms with Crippen molar-refractivity contribution in [2.45, 2.75) is 31.8 Å². The van der Waals surface area contributed by atoms with Crippen molar-refractivity contribution in [3.8, 4) is 11.6 Å². The van der Waals surface area contributed by atoms with Crippen LogP contribution in [0.15, 0.2) is 30.7 Å². The number of nitrogens with zero attached hydrogens (tertiary/aromatic N) is 5. The molecule has 0 unspecified atom stereocenters. The smallest absolute Gasteiger partial charge is 0.252 e. The minimum atomic E-state index is -0.827. The summed E-state index contributed by atoms with van der Waals surface area (Å²) in [6, 6.07) is 2.37. The van der Waals surface area contributed by atoms with Gasteiger partial charge >= 0.3 is 0 Å². The number of rotatable bonds is 9. The largest absolute Gasteiger partial charge is 0.479 e. The van der Waals surface area contributed by atoms with Gasteiger partial charge in [0.2, 0.25) is 5.88 Å². The predicted molar refractivity (Wildman–Crippen MR) is 115 cm³/mol. The van der Waals surface area contributed by atoms with E-state index >= 15 is 0 Å². The Bertz CT molecular complexity index is 1110. The van der Waals surface area contributed by atoms with Gasteiger partial charge in [-0.2, -0.15) is 10.2 Å². The van der Waals surface area contributed by atoms with Gasteiger partial charge in [0.05, 0.1) is 37.0 Å². The number of ether oxygens (including phenoxy) is 1. The summed E-state index contributed by atoms with van der Waals surface area (Å²) in [5.74, 6) is -0.801. The molecule has 11 nitrogen and oxygen atoms in total. The molecule has 2 atom stereocenters. The van der Waals surface area contributed by atoms with E-state index in [0.29, 0.717) is 23.2 Å². The van der Waals surface area contributed by atoms with Crippen LogP contribution < -0.4 is 26.8 Å². The van der Waals surface area contributed by atoms with Crippen molar-refractivity contribution in [3.63, 3.8) is 0 Å². The van der Waals surface area contributed by atoms with E-state index in [0.717, 1.165) is 18.9 Å². The Balaban J connectivity index is 1.69. The first kappa shape index (κ1) is 21.4. The summed E-state index contributed by atoms with van der Waals surface area (Å²) >= 11 is 0. The highest BCUT2D eigenvalue weighted by Gasteiger charge is 2.34. The van der Waals surface area contributed by atoms with E-state index in [1.165, 1.54) is 30.5 Å². The predicted octanol–water partition coefficient (Wildman–Crippen LogP) is 1.59. The number of carbonyl (C=O) groups is 1. The van der Waals surface area contributed by atoms with Gasteiger partial charge in [-0.1, -0.05) is 0 Å². The third-order valence-corrected chi connectivity index (χ3v) is 5.16. The minimum absolute atomic E-state index is 0.0119. The second-order valence-corrected chi connectivity index (χ2v) is 7.64. The third-order valence-electron chi connectivity index (χ3n) is 5.16. The van der Waals surface area contributed by atoms with Gasteiger partial charge in [0.1, 0.15) is 11.5 Å². The number of hydrogen-bond acceptors (Lipinski definition) is 9. The molecule has 0 saturated heterocycles. The number of amides is 1. The van der Waals surface area contributed by atoms with E-state index in [-0.39, 0.29) is 29.3 Å². The fourth-order valence-corrected chi connectivity index (χ4v) is 3.45. The van der Waals surface area contributed by atoms with E-state index < -0.39 is 11.7 Å². The molecular weight excluding hydrogens is 417 g/mol. The number of anilines is 3. The number of halogens is 1. The number of hydrogen-bond donors (Lipinski definition) is 4. The highest BCUT2D eigenvalue weighted by molar-refractivity contribution is 5.98. The summed E-state index contributed by atoms with van der Waals surface area (Å²) in [6.45, 7) is 1.86. The lowest BCUT2D eigenvalue weighted by Crippen LogP contribution is -2.40. The first-order valence-corrected chi connectivity index (χ1v) is 10.1. The maximum Gasteiger partial charge on any atom is 0.252 e. The summed E-state index contributed by atoms with van der Waals surface area (Å²) in [7, 11) is 1.47. The summed E-state index contributed by atoms with van der Waals surface area (Å²) in [5, 5.41) is 14.2. The van der Waals surface area contributed by atoms with Crippen LogP contribution in [0.1, 0.15) is 30.1 Å². The van der Waals surface area contributed by atoms with E-state index in [1.54, 1.807) is 6.07 Å². The molecule has 0 bridgehead atoms. The number of aromatic nitrogens is 5. The molecule has 3 aromatic rings. The molecule has 6 N–H and O–H groups in total. The molecule has 0 radical (unpaired) electrons. The van der Waals surface area contributed by atoms with Crippen molar-refractivity contribution in [2.24, 2.45) is 17.4 Å². The van der Waals surface area contributed by atoms with Crippen LogP contribution in [0.25, 0.3) is 5.69 Å². The molecule has 1 aliphatic rings. The number of primary amides is 1. The van der Waals surface area contributed by atoms with Crippen LogP contribution in [0.4, 0.5) is 21.7 Å². The Labute approximate surface area is 183 Å². The molecule has 0 spiro atoms. The molecule has 1 fully saturated rings. The Morgan fingerprint density at radius 1 is 1.28 bits per heavy atom. The third kappa shape index (κ3) is 4.44. The normalized spacial score (nSPS) is 15.1. The fraction of sp³-hybridized carbons (Fsp3) is 0.350. The van der Waals surface area contributed by atoms with Crippen LogP contribution in [-0.4, -0.2) is 50.1 Å². The standard InChI is InChI=1S/C20H24FN9O2/c1-10(22)16(11-3-4-11)28-19-14(21)8-13(17(23)31)18(29-19)27-12-7-15(20(32-2)24-9-12)30-25-5-6-26-30/h5-11,16H,3-4,22H2,1-2H3,(H2,23,31)(H2,27,28,29)/t10-,16-/m0/s1. The number of methoxy groups -OCH3 is 1. The molecule has 4 rings (SSSR count). The molecule has 3 aromatic heterocycles. The molecule has 0 aromatic carbocycles. The number of pyridine rings is 2. The Morgan fingerprint density at radius 3 is 2.59 bits per heavy atom. The van der Waals surface area contributed by atoms with Crippen LogP contribution >= 0.6 is 0 Å². The number of carbonyl (C=O) groups excluding carboxylic acids is 1. The van der Waals surface area contributed by atoms with Crippen molar-refractivity contribution in [1.82, 2.24) is 25.0 Å². The fourth-order valence-electron chi connectivity index (χ4n) is 3.45. The van der Waals surface area contributed by atoms with Gasteiger partial charge < -0.3 is 26.8 Å². The maximum atomic E-state index is 14.7. The van der Waals surface area contributed by atoms with Gasteiger partial charge in [0.25, 0.3) is 5.91 Å². The summed E-state index contributed by atoms with van der Waals surface area (Å²) in [5.41, 5.74) is 12.3. The SMILES string of the molecule is COc1ncc(Nc2nc(N[C@H](C3CC3)[C@H](C)N)c(F)cc2C(N)=O)cc1-n1nccn1. The molecular formula is C20H24FN9O2. The van der Waals surface area contributed by atoms with Crippen molar-refractivity contribution in [3.05, 3.63) is 42.1 Å². The number of nitrogens with two attached hydrogens (primary N) is 2. The Hall–Kier alpha value is -3.80. The minimum Gasteiger partial charge on any atom is -0.479 e. The second kappa shape index (κ2) is 8.75. The van der Waals surface area contributed by atoms with E-state index in [1.807, 2.05) is 6.92 Å². The molecule has 3 heterocycles. The molecule has 0 aliphatic heterocycles. The van der Waals surface area contributed by atoms with Crippen LogP contribution in [0, 0.1) is 11.7 Å². The first-order valence-electron chi connectivity index (χ1n) is 10.1. The van der Waals surface area contributed by atoms with Gasteiger partial charge in [-0.15, -0.1) is 4.80 Å². The lowest BCUT2D eigenvalue weighted by atomic mass is 10.1. The average molecular weight is 441 g/mol. The maximum absolute atomic E-state index is 14.7. The zero-order valence-corrected chi connectivity index (χ0v) is 17.6. The Morgan fingerprint density at radius 2 is 2.00 bits per heavy atom. The highest BCUT2D eigenvalue weighted by atomic mass is 19.1. The van der Waals surface area contributed by atoms with Gasteiger partial charge in [-0.25, -0.2) is 14.4 Å². The Kier molecular flexibility index (Phi) is 5.86. The summed E-state index contributed by atoms with van der Waals surface area (Å²) < 4.78 is 20.0. The zero-order chi connectivity index (χ0) is 22.8. The van der Waals surface area contributed by atoms with Crippen LogP contribution in [0.5, 0.6) is 5.88 Å². The average Bonchev–Trinajstić information content (AvgIpc) is 3.45. The zero-order valence-electron chi connectivity index (χ0n) is 17.6. The quantitative estimate of drug-likeness (QED) is 0.387. The molecule has 1 saturated carbocycles. The van der Waals surface area contributed by atoms with Gasteiger partial charge in [0.15, 0.2) is 11.6 Å². The summed E-state index contributed by atoms with van der Waals surface area (Å²) in [6.07, 6.45) is 6.54. The first-order chi connectivity index (χ1) is 15.4. The highest BCUT2D eigenvalue weighted by Crippen LogP contribution is 2.36. The van der Waals surface area contributed by atoms with Crippen LogP contribution in [-0.2, 0) is 0 Å². The van der Waals surface area contributed by atoms with Crippen molar-refractivity contribution in [1.29, 1.82) is 0 Å². The van der Waals surface area contributed by atoms with Gasteiger partial charge in [-0.05, 0) is 37.8 Å². The van der Waals surface area contributed by atoms with E-state index in [9.17, 15) is 9.18 Å². The molecule has 32 heavy (non-hydrogen) atoms. The van der Waals surface area contributed by atoms with Crippen molar-refractivity contribution < 1.29 is 13.9 Å². The van der Waals surface area contributed by atoms with Crippen molar-refractivity contribution in [2.75, 3.05) is 17.7 Å². The van der Waals surface area contributed by atoms with Crippen LogP contribution in [0.3, 0.4) is 0 Å². The van der Waals surface area contributed by atoms with E-state index in [2.05, 4.69) is 30.8 Å². The van der Waals surface area contributed by atoms with E-state index in [4.69, 9.17) is 16.2 Å². The monoisotopic (exact) mass is 441 g/mol. The van der Waals surface area contributed by atoms with Gasteiger partial charge in [-0.3, -0.25) is 4.79 Å². The van der Waals surface area contributed by atoms with Crippen molar-refractivity contribution >= 4 is 23.2 Å². The molecule has 168 valence electrons. The lowest BCUT2D eigenvalue weighted by molar-refractivity contribution is 0.100. The summed E-state index contributed by atoms with van der Waals surface area (Å²) in [4.78, 5) is 21.8. The van der Waals surface area contributed by atoms with Gasteiger partial charge in [0, 0.05) is 12.1 Å².